The molecule has 0 atom stereocenters. The first-order chi connectivity index (χ1) is 16.0. The van der Waals surface area contributed by atoms with Crippen molar-refractivity contribution < 1.29 is 9.59 Å². The number of rotatable bonds is 4. The van der Waals surface area contributed by atoms with Gasteiger partial charge in [0.15, 0.2) is 0 Å². The number of aryl methyl sites for hydroxylation is 1. The molecule has 0 fully saturated rings. The largest absolute Gasteiger partial charge is 0.398 e. The van der Waals surface area contributed by atoms with E-state index >= 15 is 0 Å². The van der Waals surface area contributed by atoms with Crippen LogP contribution in [0.5, 0.6) is 0 Å². The van der Waals surface area contributed by atoms with Gasteiger partial charge in [0.2, 0.25) is 0 Å². The van der Waals surface area contributed by atoms with Crippen LogP contribution < -0.4 is 16.4 Å². The fraction of sp³-hybridized carbons (Fsp3) is 0.148. The van der Waals surface area contributed by atoms with Crippen LogP contribution in [0.2, 0.25) is 0 Å². The predicted molar refractivity (Wildman–Crippen MR) is 131 cm³/mol. The number of pyridine rings is 1. The molecule has 2 aromatic carbocycles. The summed E-state index contributed by atoms with van der Waals surface area (Å²) in [6, 6.07) is 15.4. The molecule has 33 heavy (non-hydrogen) atoms. The lowest BCUT2D eigenvalue weighted by Gasteiger charge is -2.16. The second-order valence-electron chi connectivity index (χ2n) is 7.99. The van der Waals surface area contributed by atoms with Gasteiger partial charge in [0.1, 0.15) is 0 Å². The van der Waals surface area contributed by atoms with Gasteiger partial charge in [-0.15, -0.1) is 0 Å². The van der Waals surface area contributed by atoms with Gasteiger partial charge in [-0.2, -0.15) is 0 Å². The van der Waals surface area contributed by atoms with Gasteiger partial charge in [-0.1, -0.05) is 42.5 Å². The fourth-order valence-electron chi connectivity index (χ4n) is 3.79. The average Bonchev–Trinajstić information content (AvgIpc) is 2.80. The van der Waals surface area contributed by atoms with E-state index in [1.807, 2.05) is 79.9 Å². The minimum absolute atomic E-state index is 0.294. The number of fused-ring (bicyclic) bond motifs is 1. The highest BCUT2D eigenvalue weighted by molar-refractivity contribution is 6.35. The van der Waals surface area contributed by atoms with Gasteiger partial charge in [0.05, 0.1) is 0 Å². The highest BCUT2D eigenvalue weighted by atomic mass is 16.2. The van der Waals surface area contributed by atoms with Crippen LogP contribution in [0.15, 0.2) is 72.7 Å². The van der Waals surface area contributed by atoms with E-state index in [4.69, 9.17) is 5.73 Å². The highest BCUT2D eigenvalue weighted by Crippen LogP contribution is 2.32. The summed E-state index contributed by atoms with van der Waals surface area (Å²) < 4.78 is 0. The van der Waals surface area contributed by atoms with E-state index in [0.717, 1.165) is 39.8 Å². The van der Waals surface area contributed by atoms with E-state index in [0.29, 0.717) is 24.4 Å². The van der Waals surface area contributed by atoms with Crippen LogP contribution in [-0.2, 0) is 16.1 Å². The minimum Gasteiger partial charge on any atom is -0.398 e. The Bertz CT molecular complexity index is 1250. The third-order valence-corrected chi connectivity index (χ3v) is 5.56. The van der Waals surface area contributed by atoms with Gasteiger partial charge in [-0.3, -0.25) is 14.6 Å². The first-order valence-corrected chi connectivity index (χ1v) is 10.9. The number of anilines is 1. The van der Waals surface area contributed by atoms with E-state index in [1.165, 1.54) is 0 Å². The van der Waals surface area contributed by atoms with Crippen LogP contribution in [0.1, 0.15) is 35.1 Å². The van der Waals surface area contributed by atoms with Gasteiger partial charge >= 0.3 is 11.8 Å². The number of benzene rings is 2. The van der Waals surface area contributed by atoms with Crippen molar-refractivity contribution in [1.82, 2.24) is 15.6 Å². The Morgan fingerprint density at radius 3 is 2.70 bits per heavy atom. The number of allylic oxidation sites excluding steroid dienone is 2. The van der Waals surface area contributed by atoms with Crippen LogP contribution in [0.3, 0.4) is 0 Å². The summed E-state index contributed by atoms with van der Waals surface area (Å²) in [6.07, 6.45) is 10.8. The van der Waals surface area contributed by atoms with Crippen LogP contribution >= 0.6 is 0 Å². The molecule has 4 rings (SSSR count). The summed E-state index contributed by atoms with van der Waals surface area (Å²) in [5, 5.41) is 5.44. The number of nitrogens with one attached hydrogen (secondary N) is 2. The number of hydrogen-bond donors (Lipinski definition) is 3. The number of aromatic nitrogens is 1. The Morgan fingerprint density at radius 2 is 1.91 bits per heavy atom. The molecule has 0 saturated carbocycles. The second-order valence-corrected chi connectivity index (χ2v) is 7.99. The molecule has 1 aliphatic rings. The third-order valence-electron chi connectivity index (χ3n) is 5.56. The maximum atomic E-state index is 12.5. The number of carbonyl (C=O) groups is 2. The van der Waals surface area contributed by atoms with Gasteiger partial charge in [0.25, 0.3) is 0 Å². The number of nitrogen functional groups attached to an aromatic ring is 1. The van der Waals surface area contributed by atoms with E-state index in [-0.39, 0.29) is 0 Å². The van der Waals surface area contributed by atoms with Gasteiger partial charge in [-0.25, -0.2) is 0 Å². The third kappa shape index (κ3) is 5.36. The van der Waals surface area contributed by atoms with Crippen molar-refractivity contribution in [2.45, 2.75) is 26.3 Å². The van der Waals surface area contributed by atoms with Crippen molar-refractivity contribution in [1.29, 1.82) is 0 Å². The summed E-state index contributed by atoms with van der Waals surface area (Å²) in [6.45, 7) is 2.32. The Balaban J connectivity index is 1.56. The van der Waals surface area contributed by atoms with E-state index in [9.17, 15) is 9.59 Å². The van der Waals surface area contributed by atoms with Crippen molar-refractivity contribution in [2.24, 2.45) is 0 Å². The molecular weight excluding hydrogens is 412 g/mol. The molecule has 0 aliphatic heterocycles. The van der Waals surface area contributed by atoms with Crippen molar-refractivity contribution in [3.05, 3.63) is 95.0 Å². The van der Waals surface area contributed by atoms with Gasteiger partial charge in [0, 0.05) is 41.4 Å². The van der Waals surface area contributed by atoms with Crippen molar-refractivity contribution in [3.63, 3.8) is 0 Å². The molecule has 0 saturated heterocycles. The lowest BCUT2D eigenvalue weighted by Crippen LogP contribution is -2.39. The Kier molecular flexibility index (Phi) is 6.64. The summed E-state index contributed by atoms with van der Waals surface area (Å²) >= 11 is 0. The molecular formula is C27H26N4O2. The molecule has 3 aromatic rings. The number of amides is 2. The molecule has 2 amide bonds. The molecule has 6 nitrogen and oxygen atoms in total. The number of hydrogen-bond acceptors (Lipinski definition) is 4. The van der Waals surface area contributed by atoms with Crippen molar-refractivity contribution >= 4 is 29.7 Å². The topological polar surface area (TPSA) is 97.1 Å². The number of nitrogens with two attached hydrogens (primary N) is 1. The molecule has 6 heteroatoms. The maximum Gasteiger partial charge on any atom is 0.313 e. The molecule has 166 valence electrons. The first-order valence-electron chi connectivity index (χ1n) is 10.9. The number of carbonyl (C=O) groups excluding carboxylic acids is 2. The van der Waals surface area contributed by atoms with Gasteiger partial charge in [-0.05, 0) is 66.3 Å². The maximum absolute atomic E-state index is 12.5. The predicted octanol–water partition coefficient (Wildman–Crippen LogP) is 4.22. The van der Waals surface area contributed by atoms with Crippen LogP contribution in [0.25, 0.3) is 23.3 Å². The Morgan fingerprint density at radius 1 is 1.09 bits per heavy atom. The molecule has 1 aromatic heterocycles. The minimum atomic E-state index is -0.685. The standard InChI is InChI=1S/C27H26N4O2/c1-18-11-12-29-17-24(18)21-13-20-14-22(9-5-6-10-23(20)25(28)15-21)31-27(33)26(32)30-16-19-7-3-2-4-8-19/h2-4,6-8,10-15,17H,5,9,16,28H2,1H3,(H,30,32)(H,31,33)/b10-6-,22-14+. The van der Waals surface area contributed by atoms with E-state index in [1.54, 1.807) is 6.20 Å². The van der Waals surface area contributed by atoms with Crippen LogP contribution in [0.4, 0.5) is 5.69 Å². The lowest BCUT2D eigenvalue weighted by atomic mass is 9.93. The second kappa shape index (κ2) is 9.96. The zero-order valence-electron chi connectivity index (χ0n) is 18.5. The lowest BCUT2D eigenvalue weighted by molar-refractivity contribution is -0.138. The summed E-state index contributed by atoms with van der Waals surface area (Å²) in [7, 11) is 0. The SMILES string of the molecule is Cc1ccncc1-c1cc(N)c2c(c1)/C=C(/NC(=O)C(=O)NCc1ccccc1)CC/C=C\2. The molecule has 0 bridgehead atoms. The summed E-state index contributed by atoms with van der Waals surface area (Å²) in [4.78, 5) is 29.1. The summed E-state index contributed by atoms with van der Waals surface area (Å²) in [5.74, 6) is -1.35. The molecule has 0 spiro atoms. The van der Waals surface area contributed by atoms with E-state index < -0.39 is 11.8 Å². The zero-order chi connectivity index (χ0) is 23.2. The molecule has 0 unspecified atom stereocenters. The van der Waals surface area contributed by atoms with Crippen LogP contribution in [-0.4, -0.2) is 16.8 Å². The van der Waals surface area contributed by atoms with Crippen molar-refractivity contribution in [2.75, 3.05) is 5.73 Å². The molecule has 1 heterocycles. The van der Waals surface area contributed by atoms with Crippen LogP contribution in [0, 0.1) is 6.92 Å². The number of nitrogens with zero attached hydrogens (tertiary/aromatic N) is 1. The molecule has 1 aliphatic carbocycles. The Labute approximate surface area is 193 Å². The monoisotopic (exact) mass is 438 g/mol. The fourth-order valence-corrected chi connectivity index (χ4v) is 3.79. The molecule has 0 radical (unpaired) electrons. The van der Waals surface area contributed by atoms with Crippen molar-refractivity contribution in [3.8, 4) is 11.1 Å². The van der Waals surface area contributed by atoms with E-state index in [2.05, 4.69) is 15.6 Å². The zero-order valence-corrected chi connectivity index (χ0v) is 18.5. The quantitative estimate of drug-likeness (QED) is 0.420. The average molecular weight is 439 g/mol. The smallest absolute Gasteiger partial charge is 0.313 e. The first kappa shape index (κ1) is 22.0. The summed E-state index contributed by atoms with van der Waals surface area (Å²) in [5.41, 5.74) is 13.4. The molecule has 4 N–H and O–H groups in total. The Hall–Kier alpha value is -4.19. The normalized spacial score (nSPS) is 15.2. The van der Waals surface area contributed by atoms with Gasteiger partial charge < -0.3 is 16.4 Å². The highest BCUT2D eigenvalue weighted by Gasteiger charge is 2.16.